The Labute approximate surface area is 145 Å². The van der Waals surface area contributed by atoms with E-state index in [1.807, 2.05) is 12.3 Å². The molecule has 1 aliphatic heterocycles. The number of carbonyl (C=O) groups is 1. The van der Waals surface area contributed by atoms with E-state index in [2.05, 4.69) is 34.0 Å². The largest absolute Gasteiger partial charge is 0.356 e. The van der Waals surface area contributed by atoms with Crippen LogP contribution in [-0.2, 0) is 11.3 Å². The molecular formula is C19H30N4O. The van der Waals surface area contributed by atoms with Gasteiger partial charge in [-0.2, -0.15) is 0 Å². The van der Waals surface area contributed by atoms with Crippen LogP contribution in [0, 0.1) is 11.8 Å². The third-order valence-corrected chi connectivity index (χ3v) is 5.28. The van der Waals surface area contributed by atoms with Crippen molar-refractivity contribution in [3.05, 3.63) is 23.8 Å². The summed E-state index contributed by atoms with van der Waals surface area (Å²) < 4.78 is 0. The number of nitrogens with zero attached hydrogens (tertiary/aromatic N) is 3. The monoisotopic (exact) mass is 330 g/mol. The zero-order valence-electron chi connectivity index (χ0n) is 15.0. The van der Waals surface area contributed by atoms with E-state index in [0.29, 0.717) is 17.8 Å². The number of aromatic nitrogens is 2. The lowest BCUT2D eigenvalue weighted by atomic mass is 9.84. The first-order valence-corrected chi connectivity index (χ1v) is 9.43. The molecule has 1 amide bonds. The van der Waals surface area contributed by atoms with E-state index in [-0.39, 0.29) is 5.91 Å². The first-order valence-electron chi connectivity index (χ1n) is 9.43. The number of piperidine rings is 1. The standard InChI is InChI=1S/C19H30N4O/c1-14(2)18-20-9-8-17(22-18)13-23-10-4-5-15(12-23)11-21-19(24)16-6-3-7-16/h8-9,14-16H,3-7,10-13H2,1-2H3,(H,21,24). The van der Waals surface area contributed by atoms with Crippen molar-refractivity contribution in [3.63, 3.8) is 0 Å². The molecule has 3 rings (SSSR count). The van der Waals surface area contributed by atoms with E-state index in [9.17, 15) is 4.79 Å². The highest BCUT2D eigenvalue weighted by molar-refractivity contribution is 5.79. The van der Waals surface area contributed by atoms with Gasteiger partial charge in [0.1, 0.15) is 5.82 Å². The number of nitrogens with one attached hydrogen (secondary N) is 1. The predicted molar refractivity (Wildman–Crippen MR) is 94.5 cm³/mol. The van der Waals surface area contributed by atoms with E-state index >= 15 is 0 Å². The molecule has 1 aromatic heterocycles. The van der Waals surface area contributed by atoms with Gasteiger partial charge >= 0.3 is 0 Å². The van der Waals surface area contributed by atoms with Crippen LogP contribution in [0.2, 0.25) is 0 Å². The van der Waals surface area contributed by atoms with Crippen molar-refractivity contribution < 1.29 is 4.79 Å². The van der Waals surface area contributed by atoms with Gasteiger partial charge in [0.25, 0.3) is 0 Å². The molecule has 24 heavy (non-hydrogen) atoms. The van der Waals surface area contributed by atoms with Crippen LogP contribution in [0.4, 0.5) is 0 Å². The summed E-state index contributed by atoms with van der Waals surface area (Å²) in [6.45, 7) is 8.13. The molecular weight excluding hydrogens is 300 g/mol. The second kappa shape index (κ2) is 8.06. The van der Waals surface area contributed by atoms with Gasteiger partial charge in [0, 0.05) is 37.7 Å². The van der Waals surface area contributed by atoms with Crippen molar-refractivity contribution in [3.8, 4) is 0 Å². The Balaban J connectivity index is 1.48. The van der Waals surface area contributed by atoms with Crippen molar-refractivity contribution in [1.82, 2.24) is 20.2 Å². The third kappa shape index (κ3) is 4.53. The lowest BCUT2D eigenvalue weighted by Gasteiger charge is -2.33. The highest BCUT2D eigenvalue weighted by Crippen LogP contribution is 2.26. The van der Waals surface area contributed by atoms with Crippen molar-refractivity contribution >= 4 is 5.91 Å². The number of amides is 1. The van der Waals surface area contributed by atoms with E-state index < -0.39 is 0 Å². The minimum atomic E-state index is 0.274. The molecule has 2 fully saturated rings. The Kier molecular flexibility index (Phi) is 5.82. The zero-order valence-corrected chi connectivity index (χ0v) is 15.0. The highest BCUT2D eigenvalue weighted by Gasteiger charge is 2.26. The third-order valence-electron chi connectivity index (χ3n) is 5.28. The number of rotatable bonds is 6. The van der Waals surface area contributed by atoms with Gasteiger partial charge in [-0.1, -0.05) is 20.3 Å². The minimum absolute atomic E-state index is 0.274. The fraction of sp³-hybridized carbons (Fsp3) is 0.737. The molecule has 1 saturated carbocycles. The molecule has 1 aliphatic carbocycles. The fourth-order valence-corrected chi connectivity index (χ4v) is 3.53. The average Bonchev–Trinajstić information content (AvgIpc) is 2.52. The molecule has 1 atom stereocenters. The van der Waals surface area contributed by atoms with Gasteiger partial charge in [0.05, 0.1) is 5.69 Å². The molecule has 0 spiro atoms. The lowest BCUT2D eigenvalue weighted by Crippen LogP contribution is -2.43. The van der Waals surface area contributed by atoms with Crippen LogP contribution in [0.1, 0.15) is 63.4 Å². The van der Waals surface area contributed by atoms with Crippen LogP contribution in [0.15, 0.2) is 12.3 Å². The molecule has 2 heterocycles. The van der Waals surface area contributed by atoms with Crippen LogP contribution >= 0.6 is 0 Å². The summed E-state index contributed by atoms with van der Waals surface area (Å²) in [7, 11) is 0. The minimum Gasteiger partial charge on any atom is -0.356 e. The Morgan fingerprint density at radius 2 is 2.17 bits per heavy atom. The van der Waals surface area contributed by atoms with Gasteiger partial charge in [-0.3, -0.25) is 9.69 Å². The summed E-state index contributed by atoms with van der Waals surface area (Å²) in [6.07, 6.45) is 7.65. The first kappa shape index (κ1) is 17.3. The quantitative estimate of drug-likeness (QED) is 0.871. The number of hydrogen-bond donors (Lipinski definition) is 1. The molecule has 1 aromatic rings. The predicted octanol–water partition coefficient (Wildman–Crippen LogP) is 2.73. The number of likely N-dealkylation sites (tertiary alicyclic amines) is 1. The lowest BCUT2D eigenvalue weighted by molar-refractivity contribution is -0.127. The van der Waals surface area contributed by atoms with Gasteiger partial charge in [0.2, 0.25) is 5.91 Å². The van der Waals surface area contributed by atoms with E-state index in [1.165, 1.54) is 19.3 Å². The number of hydrogen-bond acceptors (Lipinski definition) is 4. The Hall–Kier alpha value is -1.49. The zero-order chi connectivity index (χ0) is 16.9. The van der Waals surface area contributed by atoms with Gasteiger partial charge in [-0.25, -0.2) is 9.97 Å². The second-order valence-electron chi connectivity index (χ2n) is 7.68. The SMILES string of the molecule is CC(C)c1nccc(CN2CCCC(CNC(=O)C3CCC3)C2)n1. The molecule has 0 radical (unpaired) electrons. The molecule has 1 unspecified atom stereocenters. The smallest absolute Gasteiger partial charge is 0.223 e. The van der Waals surface area contributed by atoms with E-state index in [0.717, 1.165) is 50.5 Å². The Morgan fingerprint density at radius 3 is 2.88 bits per heavy atom. The van der Waals surface area contributed by atoms with Crippen LogP contribution in [0.5, 0.6) is 0 Å². The Bertz CT molecular complexity index is 556. The number of carbonyl (C=O) groups excluding carboxylic acids is 1. The van der Waals surface area contributed by atoms with E-state index in [4.69, 9.17) is 0 Å². The first-order chi connectivity index (χ1) is 11.6. The van der Waals surface area contributed by atoms with E-state index in [1.54, 1.807) is 0 Å². The van der Waals surface area contributed by atoms with Crippen LogP contribution in [0.3, 0.4) is 0 Å². The molecule has 2 aliphatic rings. The van der Waals surface area contributed by atoms with Crippen molar-refractivity contribution in [1.29, 1.82) is 0 Å². The Morgan fingerprint density at radius 1 is 1.33 bits per heavy atom. The van der Waals surface area contributed by atoms with Crippen LogP contribution in [0.25, 0.3) is 0 Å². The maximum absolute atomic E-state index is 12.0. The molecule has 1 N–H and O–H groups in total. The summed E-state index contributed by atoms with van der Waals surface area (Å²) >= 11 is 0. The van der Waals surface area contributed by atoms with Crippen LogP contribution in [-0.4, -0.2) is 40.4 Å². The molecule has 0 bridgehead atoms. The maximum Gasteiger partial charge on any atom is 0.223 e. The van der Waals surface area contributed by atoms with Crippen LogP contribution < -0.4 is 5.32 Å². The average molecular weight is 330 g/mol. The second-order valence-corrected chi connectivity index (χ2v) is 7.68. The van der Waals surface area contributed by atoms with Crippen molar-refractivity contribution in [2.45, 2.75) is 58.4 Å². The molecule has 1 saturated heterocycles. The van der Waals surface area contributed by atoms with Crippen molar-refractivity contribution in [2.24, 2.45) is 11.8 Å². The van der Waals surface area contributed by atoms with Gasteiger partial charge in [-0.05, 0) is 44.2 Å². The molecule has 5 nitrogen and oxygen atoms in total. The summed E-state index contributed by atoms with van der Waals surface area (Å²) in [6, 6.07) is 2.02. The molecule has 0 aromatic carbocycles. The highest BCUT2D eigenvalue weighted by atomic mass is 16.1. The molecule has 5 heteroatoms. The van der Waals surface area contributed by atoms with Gasteiger partial charge in [0.15, 0.2) is 0 Å². The summed E-state index contributed by atoms with van der Waals surface area (Å²) in [5, 5.41) is 3.17. The normalized spacial score (nSPS) is 22.4. The van der Waals surface area contributed by atoms with Gasteiger partial charge in [-0.15, -0.1) is 0 Å². The summed E-state index contributed by atoms with van der Waals surface area (Å²) in [5.74, 6) is 2.42. The van der Waals surface area contributed by atoms with Gasteiger partial charge < -0.3 is 5.32 Å². The fourth-order valence-electron chi connectivity index (χ4n) is 3.53. The van der Waals surface area contributed by atoms with Crippen molar-refractivity contribution in [2.75, 3.05) is 19.6 Å². The summed E-state index contributed by atoms with van der Waals surface area (Å²) in [4.78, 5) is 23.5. The maximum atomic E-state index is 12.0. The topological polar surface area (TPSA) is 58.1 Å². The summed E-state index contributed by atoms with van der Waals surface area (Å²) in [5.41, 5.74) is 1.10. The molecule has 132 valence electrons.